The second kappa shape index (κ2) is 5.24. The van der Waals surface area contributed by atoms with Crippen molar-refractivity contribution in [3.8, 4) is 0 Å². The standard InChI is InChI=1S/C8H15F2N/c1-4-6(2)5-7(11-3)8(9)10/h7-8,11H,2,4-5H2,1,3H3. The average molecular weight is 163 g/mol. The van der Waals surface area contributed by atoms with Crippen molar-refractivity contribution < 1.29 is 8.78 Å². The summed E-state index contributed by atoms with van der Waals surface area (Å²) in [5, 5.41) is 2.56. The Bertz CT molecular complexity index is 123. The van der Waals surface area contributed by atoms with Crippen LogP contribution in [0, 0.1) is 0 Å². The van der Waals surface area contributed by atoms with E-state index in [1.807, 2.05) is 6.92 Å². The van der Waals surface area contributed by atoms with E-state index < -0.39 is 12.5 Å². The summed E-state index contributed by atoms with van der Waals surface area (Å²) in [5.41, 5.74) is 0.865. The highest BCUT2D eigenvalue weighted by Gasteiger charge is 2.17. The first-order valence-electron chi connectivity index (χ1n) is 3.73. The third kappa shape index (κ3) is 4.09. The molecule has 1 N–H and O–H groups in total. The van der Waals surface area contributed by atoms with Crippen LogP contribution in [0.2, 0.25) is 0 Å². The van der Waals surface area contributed by atoms with Crippen LogP contribution in [-0.4, -0.2) is 19.5 Å². The van der Waals surface area contributed by atoms with E-state index in [0.29, 0.717) is 6.42 Å². The first-order chi connectivity index (χ1) is 5.11. The molecular weight excluding hydrogens is 148 g/mol. The Balaban J connectivity index is 3.78. The fourth-order valence-electron chi connectivity index (χ4n) is 0.772. The van der Waals surface area contributed by atoms with E-state index in [1.54, 1.807) is 7.05 Å². The third-order valence-corrected chi connectivity index (χ3v) is 1.68. The molecular formula is C8H15F2N. The van der Waals surface area contributed by atoms with Crippen LogP contribution in [0.1, 0.15) is 19.8 Å². The number of hydrogen-bond donors (Lipinski definition) is 1. The molecule has 0 radical (unpaired) electrons. The average Bonchev–Trinajstić information content (AvgIpc) is 1.99. The molecule has 1 unspecified atom stereocenters. The minimum atomic E-state index is -2.30. The Kier molecular flexibility index (Phi) is 5.03. The zero-order valence-electron chi connectivity index (χ0n) is 7.03. The van der Waals surface area contributed by atoms with Crippen LogP contribution < -0.4 is 5.32 Å². The summed E-state index contributed by atoms with van der Waals surface area (Å²) in [6.45, 7) is 5.59. The lowest BCUT2D eigenvalue weighted by atomic mass is 10.1. The van der Waals surface area contributed by atoms with E-state index in [9.17, 15) is 8.78 Å². The van der Waals surface area contributed by atoms with Crippen LogP contribution in [0.25, 0.3) is 0 Å². The van der Waals surface area contributed by atoms with Crippen molar-refractivity contribution in [3.63, 3.8) is 0 Å². The summed E-state index contributed by atoms with van der Waals surface area (Å²) in [4.78, 5) is 0. The van der Waals surface area contributed by atoms with Gasteiger partial charge in [0.15, 0.2) is 0 Å². The molecule has 0 bridgehead atoms. The Morgan fingerprint density at radius 2 is 2.09 bits per heavy atom. The van der Waals surface area contributed by atoms with Gasteiger partial charge in [-0.25, -0.2) is 8.78 Å². The van der Waals surface area contributed by atoms with Gasteiger partial charge < -0.3 is 5.32 Å². The number of hydrogen-bond acceptors (Lipinski definition) is 1. The van der Waals surface area contributed by atoms with Gasteiger partial charge >= 0.3 is 0 Å². The highest BCUT2D eigenvalue weighted by molar-refractivity contribution is 4.96. The molecule has 0 aliphatic rings. The second-order valence-electron chi connectivity index (χ2n) is 2.54. The van der Waals surface area contributed by atoms with Crippen molar-refractivity contribution in [2.45, 2.75) is 32.2 Å². The zero-order valence-corrected chi connectivity index (χ0v) is 7.03. The van der Waals surface area contributed by atoms with E-state index >= 15 is 0 Å². The van der Waals surface area contributed by atoms with Gasteiger partial charge in [-0.05, 0) is 19.9 Å². The van der Waals surface area contributed by atoms with Crippen LogP contribution in [0.5, 0.6) is 0 Å². The predicted octanol–water partition coefficient (Wildman–Crippen LogP) is 2.20. The smallest absolute Gasteiger partial charge is 0.253 e. The molecule has 0 aromatic carbocycles. The second-order valence-corrected chi connectivity index (χ2v) is 2.54. The summed E-state index contributed by atoms with van der Waals surface area (Å²) < 4.78 is 24.2. The first-order valence-corrected chi connectivity index (χ1v) is 3.73. The van der Waals surface area contributed by atoms with Gasteiger partial charge in [0.1, 0.15) is 0 Å². The van der Waals surface area contributed by atoms with Crippen LogP contribution >= 0.6 is 0 Å². The van der Waals surface area contributed by atoms with E-state index in [4.69, 9.17) is 0 Å². The van der Waals surface area contributed by atoms with Gasteiger partial charge in [0.25, 0.3) is 6.43 Å². The van der Waals surface area contributed by atoms with E-state index in [2.05, 4.69) is 11.9 Å². The number of halogens is 2. The predicted molar refractivity (Wildman–Crippen MR) is 42.9 cm³/mol. The van der Waals surface area contributed by atoms with Crippen molar-refractivity contribution in [1.82, 2.24) is 5.32 Å². The summed E-state index contributed by atoms with van der Waals surface area (Å²) in [5.74, 6) is 0. The van der Waals surface area contributed by atoms with E-state index in [1.165, 1.54) is 0 Å². The van der Waals surface area contributed by atoms with Crippen molar-refractivity contribution in [2.75, 3.05) is 7.05 Å². The number of nitrogens with one attached hydrogen (secondary N) is 1. The molecule has 0 aromatic rings. The van der Waals surface area contributed by atoms with Crippen LogP contribution in [-0.2, 0) is 0 Å². The lowest BCUT2D eigenvalue weighted by Crippen LogP contribution is -2.32. The van der Waals surface area contributed by atoms with Crippen molar-refractivity contribution >= 4 is 0 Å². The molecule has 0 aliphatic carbocycles. The summed E-state index contributed by atoms with van der Waals surface area (Å²) >= 11 is 0. The number of rotatable bonds is 5. The SMILES string of the molecule is C=C(CC)CC(NC)C(F)F. The summed E-state index contributed by atoms with van der Waals surface area (Å²) in [7, 11) is 1.54. The van der Waals surface area contributed by atoms with Gasteiger partial charge in [-0.3, -0.25) is 0 Å². The van der Waals surface area contributed by atoms with Crippen molar-refractivity contribution in [3.05, 3.63) is 12.2 Å². The zero-order chi connectivity index (χ0) is 8.85. The number of alkyl halides is 2. The molecule has 66 valence electrons. The molecule has 0 rings (SSSR count). The minimum absolute atomic E-state index is 0.366. The molecule has 0 fully saturated rings. The molecule has 0 heterocycles. The van der Waals surface area contributed by atoms with Crippen molar-refractivity contribution in [1.29, 1.82) is 0 Å². The first kappa shape index (κ1) is 10.6. The molecule has 0 amide bonds. The monoisotopic (exact) mass is 163 g/mol. The molecule has 0 saturated heterocycles. The highest BCUT2D eigenvalue weighted by Crippen LogP contribution is 2.12. The fourth-order valence-corrected chi connectivity index (χ4v) is 0.772. The quantitative estimate of drug-likeness (QED) is 0.612. The van der Waals surface area contributed by atoms with E-state index in [0.717, 1.165) is 12.0 Å². The van der Waals surface area contributed by atoms with Gasteiger partial charge in [0.05, 0.1) is 6.04 Å². The molecule has 0 aliphatic heterocycles. The molecule has 0 aromatic heterocycles. The Morgan fingerprint density at radius 1 is 1.55 bits per heavy atom. The maximum atomic E-state index is 12.1. The highest BCUT2D eigenvalue weighted by atomic mass is 19.3. The Morgan fingerprint density at radius 3 is 2.36 bits per heavy atom. The minimum Gasteiger partial charge on any atom is -0.312 e. The summed E-state index contributed by atoms with van der Waals surface area (Å²) in [6, 6.07) is -0.734. The molecule has 0 saturated carbocycles. The Hall–Kier alpha value is -0.440. The van der Waals surface area contributed by atoms with Crippen LogP contribution in [0.15, 0.2) is 12.2 Å². The third-order valence-electron chi connectivity index (χ3n) is 1.68. The van der Waals surface area contributed by atoms with Crippen LogP contribution in [0.3, 0.4) is 0 Å². The maximum Gasteiger partial charge on any atom is 0.253 e. The Labute approximate surface area is 66.5 Å². The normalized spacial score (nSPS) is 13.5. The van der Waals surface area contributed by atoms with Gasteiger partial charge in [-0.15, -0.1) is 0 Å². The molecule has 1 atom stereocenters. The molecule has 0 spiro atoms. The maximum absolute atomic E-state index is 12.1. The lowest BCUT2D eigenvalue weighted by Gasteiger charge is -2.15. The van der Waals surface area contributed by atoms with E-state index in [-0.39, 0.29) is 0 Å². The van der Waals surface area contributed by atoms with Gasteiger partial charge in [0, 0.05) is 0 Å². The lowest BCUT2D eigenvalue weighted by molar-refractivity contribution is 0.102. The topological polar surface area (TPSA) is 12.0 Å². The van der Waals surface area contributed by atoms with Gasteiger partial charge in [0.2, 0.25) is 0 Å². The molecule has 1 nitrogen and oxygen atoms in total. The van der Waals surface area contributed by atoms with Gasteiger partial charge in [-0.2, -0.15) is 0 Å². The molecule has 11 heavy (non-hydrogen) atoms. The van der Waals surface area contributed by atoms with Crippen molar-refractivity contribution in [2.24, 2.45) is 0 Å². The molecule has 3 heteroatoms. The largest absolute Gasteiger partial charge is 0.312 e. The summed E-state index contributed by atoms with van der Waals surface area (Å²) in [6.07, 6.45) is -1.17. The fraction of sp³-hybridized carbons (Fsp3) is 0.750. The van der Waals surface area contributed by atoms with Gasteiger partial charge in [-0.1, -0.05) is 19.1 Å². The van der Waals surface area contributed by atoms with Crippen LogP contribution in [0.4, 0.5) is 8.78 Å².